The van der Waals surface area contributed by atoms with Gasteiger partial charge in [0.25, 0.3) is 5.91 Å². The quantitative estimate of drug-likeness (QED) is 0.587. The molecule has 1 fully saturated rings. The van der Waals surface area contributed by atoms with Crippen LogP contribution in [0.2, 0.25) is 0 Å². The minimum atomic E-state index is -4.76. The fourth-order valence-electron chi connectivity index (χ4n) is 4.42. The van der Waals surface area contributed by atoms with Crippen molar-refractivity contribution in [3.05, 3.63) is 78.2 Å². The van der Waals surface area contributed by atoms with E-state index in [2.05, 4.69) is 27.1 Å². The van der Waals surface area contributed by atoms with Crippen molar-refractivity contribution in [1.82, 2.24) is 15.2 Å². The van der Waals surface area contributed by atoms with Crippen molar-refractivity contribution in [2.24, 2.45) is 0 Å². The molecule has 2 aromatic rings. The summed E-state index contributed by atoms with van der Waals surface area (Å²) < 4.78 is 56.3. The number of anilines is 2. The molecule has 0 aliphatic carbocycles. The van der Waals surface area contributed by atoms with Crippen molar-refractivity contribution in [1.29, 1.82) is 0 Å². The summed E-state index contributed by atoms with van der Waals surface area (Å²) >= 11 is 0. The lowest BCUT2D eigenvalue weighted by Gasteiger charge is -2.44. The van der Waals surface area contributed by atoms with Crippen molar-refractivity contribution >= 4 is 17.3 Å². The van der Waals surface area contributed by atoms with E-state index in [1.165, 1.54) is 18.3 Å². The molecule has 0 radical (unpaired) electrons. The van der Waals surface area contributed by atoms with Crippen LogP contribution in [0.25, 0.3) is 11.1 Å². The number of nitrogens with zero attached hydrogens (tertiary/aromatic N) is 3. The summed E-state index contributed by atoms with van der Waals surface area (Å²) in [6, 6.07) is 6.35. The SMILES string of the molecule is C=C1C=C(C(F)(F)F)C(C(=O)Nc2cc(-c3cccnc3)c(F)cc2N2C[C@@H](C)N(C)[C@@H](C)C2)=CN1. The van der Waals surface area contributed by atoms with Crippen LogP contribution in [0.1, 0.15) is 13.8 Å². The smallest absolute Gasteiger partial charge is 0.367 e. The van der Waals surface area contributed by atoms with E-state index in [0.29, 0.717) is 24.3 Å². The number of hydrogen-bond donors (Lipinski definition) is 2. The molecule has 3 heterocycles. The van der Waals surface area contributed by atoms with E-state index in [1.807, 2.05) is 25.8 Å². The molecule has 36 heavy (non-hydrogen) atoms. The van der Waals surface area contributed by atoms with Gasteiger partial charge in [-0.1, -0.05) is 12.6 Å². The summed E-state index contributed by atoms with van der Waals surface area (Å²) in [5.74, 6) is -1.50. The summed E-state index contributed by atoms with van der Waals surface area (Å²) in [6.45, 7) is 8.65. The summed E-state index contributed by atoms with van der Waals surface area (Å²) in [5, 5.41) is 5.18. The molecule has 0 bridgehead atoms. The number of carbonyl (C=O) groups is 1. The molecule has 10 heteroatoms. The predicted octanol–water partition coefficient (Wildman–Crippen LogP) is 4.84. The summed E-state index contributed by atoms with van der Waals surface area (Å²) in [7, 11) is 2.00. The molecule has 0 saturated carbocycles. The first-order valence-electron chi connectivity index (χ1n) is 11.4. The Hall–Kier alpha value is -3.66. The van der Waals surface area contributed by atoms with Gasteiger partial charge >= 0.3 is 6.18 Å². The fraction of sp³-hybridized carbons (Fsp3) is 0.308. The number of pyridine rings is 1. The van der Waals surface area contributed by atoms with Crippen LogP contribution >= 0.6 is 0 Å². The van der Waals surface area contributed by atoms with Crippen LogP contribution in [-0.4, -0.2) is 54.2 Å². The maximum Gasteiger partial charge on any atom is 0.417 e. The van der Waals surface area contributed by atoms with Gasteiger partial charge in [-0.3, -0.25) is 14.7 Å². The minimum absolute atomic E-state index is 0.0145. The number of amides is 1. The number of benzene rings is 1. The predicted molar refractivity (Wildman–Crippen MR) is 132 cm³/mol. The van der Waals surface area contributed by atoms with Gasteiger partial charge in [0.1, 0.15) is 5.82 Å². The zero-order valence-electron chi connectivity index (χ0n) is 20.2. The monoisotopic (exact) mass is 501 g/mol. The Morgan fingerprint density at radius 2 is 1.92 bits per heavy atom. The van der Waals surface area contributed by atoms with E-state index < -0.39 is 29.0 Å². The van der Waals surface area contributed by atoms with Crippen LogP contribution in [0.5, 0.6) is 0 Å². The molecule has 4 rings (SSSR count). The first-order valence-corrected chi connectivity index (χ1v) is 11.4. The third-order valence-electron chi connectivity index (χ3n) is 6.57. The van der Waals surface area contributed by atoms with Crippen molar-refractivity contribution in [2.75, 3.05) is 30.4 Å². The Kier molecular flexibility index (Phi) is 6.90. The molecule has 6 nitrogen and oxygen atoms in total. The molecule has 2 N–H and O–H groups in total. The van der Waals surface area contributed by atoms with Gasteiger partial charge in [-0.2, -0.15) is 13.2 Å². The van der Waals surface area contributed by atoms with E-state index in [-0.39, 0.29) is 29.0 Å². The van der Waals surface area contributed by atoms with Crippen LogP contribution in [0.4, 0.5) is 28.9 Å². The van der Waals surface area contributed by atoms with Gasteiger partial charge in [0.2, 0.25) is 0 Å². The maximum absolute atomic E-state index is 15.3. The maximum atomic E-state index is 15.3. The lowest BCUT2D eigenvalue weighted by atomic mass is 10.0. The van der Waals surface area contributed by atoms with Crippen LogP contribution in [0.15, 0.2) is 72.4 Å². The number of piperazine rings is 1. The van der Waals surface area contributed by atoms with E-state index in [0.717, 1.165) is 12.3 Å². The van der Waals surface area contributed by atoms with E-state index in [4.69, 9.17) is 0 Å². The van der Waals surface area contributed by atoms with Gasteiger partial charge in [0.15, 0.2) is 0 Å². The highest BCUT2D eigenvalue weighted by Gasteiger charge is 2.40. The molecule has 2 aliphatic rings. The molecule has 2 aliphatic heterocycles. The third-order valence-corrected chi connectivity index (χ3v) is 6.57. The highest BCUT2D eigenvalue weighted by molar-refractivity contribution is 6.09. The highest BCUT2D eigenvalue weighted by Crippen LogP contribution is 2.38. The number of hydrogen-bond acceptors (Lipinski definition) is 5. The number of halogens is 4. The summed E-state index contributed by atoms with van der Waals surface area (Å²) in [6.07, 6.45) is 0.0282. The minimum Gasteiger partial charge on any atom is -0.367 e. The number of aromatic nitrogens is 1. The second kappa shape index (κ2) is 9.77. The number of rotatable bonds is 4. The number of nitrogens with one attached hydrogen (secondary N) is 2. The normalized spacial score (nSPS) is 21.0. The van der Waals surface area contributed by atoms with Crippen LogP contribution < -0.4 is 15.5 Å². The van der Waals surface area contributed by atoms with E-state index in [1.54, 1.807) is 18.3 Å². The molecule has 1 aromatic heterocycles. The third kappa shape index (κ3) is 5.13. The molecule has 2 atom stereocenters. The lowest BCUT2D eigenvalue weighted by molar-refractivity contribution is -0.115. The zero-order chi connectivity index (χ0) is 26.2. The molecule has 190 valence electrons. The first kappa shape index (κ1) is 25.4. The van der Waals surface area contributed by atoms with Crippen LogP contribution in [0, 0.1) is 5.82 Å². The number of allylic oxidation sites excluding steroid dienone is 1. The number of alkyl halides is 3. The Labute approximate surface area is 207 Å². The summed E-state index contributed by atoms with van der Waals surface area (Å²) in [4.78, 5) is 21.3. The topological polar surface area (TPSA) is 60.5 Å². The molecular formula is C26H27F4N5O. The second-order valence-electron chi connectivity index (χ2n) is 9.10. The number of carbonyl (C=O) groups excluding carboxylic acids is 1. The highest BCUT2D eigenvalue weighted by atomic mass is 19.4. The van der Waals surface area contributed by atoms with Crippen LogP contribution in [-0.2, 0) is 4.79 Å². The summed E-state index contributed by atoms with van der Waals surface area (Å²) in [5.41, 5.74) is -0.436. The molecule has 1 amide bonds. The average molecular weight is 502 g/mol. The van der Waals surface area contributed by atoms with Gasteiger partial charge in [-0.25, -0.2) is 4.39 Å². The number of dihydropyridines is 1. The van der Waals surface area contributed by atoms with E-state index in [9.17, 15) is 18.0 Å². The van der Waals surface area contributed by atoms with Crippen LogP contribution in [0.3, 0.4) is 0 Å². The molecule has 0 spiro atoms. The second-order valence-corrected chi connectivity index (χ2v) is 9.10. The molecule has 1 aromatic carbocycles. The Morgan fingerprint density at radius 3 is 2.53 bits per heavy atom. The van der Waals surface area contributed by atoms with Gasteiger partial charge in [0, 0.05) is 60.6 Å². The van der Waals surface area contributed by atoms with E-state index >= 15 is 4.39 Å². The van der Waals surface area contributed by atoms with Gasteiger partial charge in [0.05, 0.1) is 22.5 Å². The van der Waals surface area contributed by atoms with Gasteiger partial charge in [-0.15, -0.1) is 0 Å². The van der Waals surface area contributed by atoms with Crippen molar-refractivity contribution in [2.45, 2.75) is 32.1 Å². The first-order chi connectivity index (χ1) is 17.0. The zero-order valence-corrected chi connectivity index (χ0v) is 20.2. The Morgan fingerprint density at radius 1 is 1.22 bits per heavy atom. The van der Waals surface area contributed by atoms with Crippen molar-refractivity contribution in [3.8, 4) is 11.1 Å². The van der Waals surface area contributed by atoms with Crippen molar-refractivity contribution < 1.29 is 22.4 Å². The standard InChI is InChI=1S/C26H27F4N5O/c1-15-8-21(26(28,29)30)20(12-32-15)25(36)33-23-9-19(18-6-5-7-31-11-18)22(27)10-24(23)35-13-16(2)34(4)17(3)14-35/h5-12,16-17,32H,1,13-14H2,2-4H3,(H,33,36)/t16-,17+. The molecule has 0 unspecified atom stereocenters. The largest absolute Gasteiger partial charge is 0.417 e. The number of likely N-dealkylation sites (N-methyl/N-ethyl adjacent to an activating group) is 1. The molecule has 1 saturated heterocycles. The average Bonchev–Trinajstić information content (AvgIpc) is 2.83. The lowest BCUT2D eigenvalue weighted by Crippen LogP contribution is -2.55. The Bertz CT molecular complexity index is 1230. The van der Waals surface area contributed by atoms with Crippen molar-refractivity contribution in [3.63, 3.8) is 0 Å². The Balaban J connectivity index is 1.76. The molecular weight excluding hydrogens is 474 g/mol. The van der Waals surface area contributed by atoms with Gasteiger partial charge in [-0.05, 0) is 45.2 Å². The fourth-order valence-corrected chi connectivity index (χ4v) is 4.42. The van der Waals surface area contributed by atoms with Gasteiger partial charge < -0.3 is 15.5 Å².